The Morgan fingerprint density at radius 3 is 2.61 bits per heavy atom. The van der Waals surface area contributed by atoms with Gasteiger partial charge in [0.1, 0.15) is 6.61 Å². The van der Waals surface area contributed by atoms with Gasteiger partial charge in [-0.1, -0.05) is 6.07 Å². The van der Waals surface area contributed by atoms with Crippen LogP contribution in [0.4, 0.5) is 0 Å². The fraction of sp³-hybridized carbons (Fsp3) is 0.280. The number of hydrogen-bond donors (Lipinski definition) is 3. The number of piperazine rings is 1. The number of aromatic nitrogens is 2. The summed E-state index contributed by atoms with van der Waals surface area (Å²) < 4.78 is 11.6. The van der Waals surface area contributed by atoms with Gasteiger partial charge in [0, 0.05) is 61.9 Å². The molecule has 2 aromatic carbocycles. The second-order valence-corrected chi connectivity index (χ2v) is 7.89. The Labute approximate surface area is 182 Å². The highest BCUT2D eigenvalue weighted by Gasteiger charge is 2.12. The fourth-order valence-corrected chi connectivity index (χ4v) is 4.13. The predicted octanol–water partition coefficient (Wildman–Crippen LogP) is 4.12. The van der Waals surface area contributed by atoms with E-state index in [0.29, 0.717) is 6.61 Å². The lowest BCUT2D eigenvalue weighted by Gasteiger charge is -2.27. The third-order valence-electron chi connectivity index (χ3n) is 5.92. The Hall–Kier alpha value is -3.22. The first-order valence-corrected chi connectivity index (χ1v) is 10.8. The number of ether oxygens (including phenoxy) is 2. The fourth-order valence-electron chi connectivity index (χ4n) is 4.13. The first-order chi connectivity index (χ1) is 15.3. The number of hydrogen-bond acceptors (Lipinski definition) is 4. The highest BCUT2D eigenvalue weighted by molar-refractivity contribution is 5.85. The quantitative estimate of drug-likeness (QED) is 0.424. The number of fused-ring (bicyclic) bond motifs is 1. The minimum atomic E-state index is 0.657. The highest BCUT2D eigenvalue weighted by atomic mass is 16.5. The second-order valence-electron chi connectivity index (χ2n) is 7.89. The second kappa shape index (κ2) is 8.88. The normalized spacial score (nSPS) is 14.7. The van der Waals surface area contributed by atoms with Gasteiger partial charge in [-0.05, 0) is 59.0 Å². The van der Waals surface area contributed by atoms with Crippen LogP contribution < -0.4 is 14.8 Å². The summed E-state index contributed by atoms with van der Waals surface area (Å²) in [6, 6.07) is 16.8. The topological polar surface area (TPSA) is 65.3 Å². The van der Waals surface area contributed by atoms with E-state index in [2.05, 4.69) is 56.6 Å². The maximum atomic E-state index is 6.03. The van der Waals surface area contributed by atoms with Crippen molar-refractivity contribution in [1.29, 1.82) is 0 Å². The summed E-state index contributed by atoms with van der Waals surface area (Å²) >= 11 is 0. The van der Waals surface area contributed by atoms with Crippen molar-refractivity contribution < 1.29 is 9.47 Å². The Balaban J connectivity index is 1.30. The number of nitrogens with one attached hydrogen (secondary N) is 3. The van der Waals surface area contributed by atoms with Gasteiger partial charge >= 0.3 is 0 Å². The van der Waals surface area contributed by atoms with E-state index in [9.17, 15) is 0 Å². The Morgan fingerprint density at radius 1 is 0.871 bits per heavy atom. The maximum absolute atomic E-state index is 6.03. The molecule has 1 fully saturated rings. The number of aromatic amines is 2. The smallest absolute Gasteiger partial charge is 0.161 e. The van der Waals surface area contributed by atoms with E-state index in [-0.39, 0.29) is 0 Å². The first-order valence-electron chi connectivity index (χ1n) is 10.8. The van der Waals surface area contributed by atoms with Gasteiger partial charge in [-0.25, -0.2) is 0 Å². The molecule has 0 saturated carbocycles. The van der Waals surface area contributed by atoms with Crippen LogP contribution in [0.1, 0.15) is 0 Å². The van der Waals surface area contributed by atoms with Crippen LogP contribution in [0.5, 0.6) is 11.5 Å². The van der Waals surface area contributed by atoms with E-state index in [1.807, 2.05) is 24.5 Å². The zero-order valence-corrected chi connectivity index (χ0v) is 17.8. The number of methoxy groups -OCH3 is 1. The molecule has 2 aromatic heterocycles. The monoisotopic (exact) mass is 416 g/mol. The molecule has 0 atom stereocenters. The van der Waals surface area contributed by atoms with E-state index in [1.165, 1.54) is 10.9 Å². The lowest BCUT2D eigenvalue weighted by atomic mass is 10.1. The first kappa shape index (κ1) is 19.7. The van der Waals surface area contributed by atoms with Crippen molar-refractivity contribution in [1.82, 2.24) is 20.2 Å². The van der Waals surface area contributed by atoms with Gasteiger partial charge in [0.2, 0.25) is 0 Å². The van der Waals surface area contributed by atoms with Gasteiger partial charge in [-0.15, -0.1) is 0 Å². The summed E-state index contributed by atoms with van der Waals surface area (Å²) in [5.74, 6) is 1.54. The molecule has 5 rings (SSSR count). The van der Waals surface area contributed by atoms with Crippen LogP contribution in [0.25, 0.3) is 33.3 Å². The van der Waals surface area contributed by atoms with Crippen LogP contribution in [0.15, 0.2) is 60.9 Å². The lowest BCUT2D eigenvalue weighted by molar-refractivity contribution is 0.188. The summed E-state index contributed by atoms with van der Waals surface area (Å²) in [6.07, 6.45) is 4.02. The molecule has 0 aliphatic carbocycles. The van der Waals surface area contributed by atoms with Crippen molar-refractivity contribution in [2.24, 2.45) is 0 Å². The zero-order valence-electron chi connectivity index (χ0n) is 17.8. The van der Waals surface area contributed by atoms with Crippen LogP contribution in [-0.4, -0.2) is 61.3 Å². The van der Waals surface area contributed by atoms with Gasteiger partial charge in [0.05, 0.1) is 7.11 Å². The number of H-pyrrole nitrogens is 2. The molecule has 0 amide bonds. The maximum Gasteiger partial charge on any atom is 0.161 e. The van der Waals surface area contributed by atoms with Gasteiger partial charge in [-0.3, -0.25) is 4.90 Å². The van der Waals surface area contributed by atoms with E-state index in [0.717, 1.165) is 66.6 Å². The van der Waals surface area contributed by atoms with E-state index in [1.54, 1.807) is 7.11 Å². The van der Waals surface area contributed by atoms with Gasteiger partial charge < -0.3 is 24.8 Å². The molecule has 3 heterocycles. The molecule has 0 unspecified atom stereocenters. The summed E-state index contributed by atoms with van der Waals surface area (Å²) in [7, 11) is 1.69. The van der Waals surface area contributed by atoms with Crippen LogP contribution in [0, 0.1) is 0 Å². The van der Waals surface area contributed by atoms with Crippen LogP contribution in [-0.2, 0) is 0 Å². The average Bonchev–Trinajstić information content (AvgIpc) is 3.49. The largest absolute Gasteiger partial charge is 0.493 e. The van der Waals surface area contributed by atoms with E-state index >= 15 is 0 Å². The average molecular weight is 417 g/mol. The van der Waals surface area contributed by atoms with Crippen LogP contribution in [0.3, 0.4) is 0 Å². The minimum Gasteiger partial charge on any atom is -0.493 e. The molecule has 160 valence electrons. The van der Waals surface area contributed by atoms with Crippen molar-refractivity contribution in [3.8, 4) is 33.9 Å². The lowest BCUT2D eigenvalue weighted by Crippen LogP contribution is -2.44. The van der Waals surface area contributed by atoms with Crippen molar-refractivity contribution in [3.05, 3.63) is 60.9 Å². The minimum absolute atomic E-state index is 0.657. The SMILES string of the molecule is COc1cc(-c2cc(-c3ccc4[nH]ccc4c3)c[nH]2)ccc1OCCN1CCNCC1. The predicted molar refractivity (Wildman–Crippen MR) is 125 cm³/mol. The molecule has 31 heavy (non-hydrogen) atoms. The Morgan fingerprint density at radius 2 is 1.74 bits per heavy atom. The van der Waals surface area contributed by atoms with E-state index < -0.39 is 0 Å². The molecule has 1 aliphatic heterocycles. The summed E-state index contributed by atoms with van der Waals surface area (Å²) in [5, 5.41) is 4.59. The Bertz CT molecular complexity index is 1160. The van der Waals surface area contributed by atoms with Gasteiger partial charge in [0.15, 0.2) is 11.5 Å². The van der Waals surface area contributed by atoms with Gasteiger partial charge in [0.25, 0.3) is 0 Å². The molecule has 0 radical (unpaired) electrons. The number of rotatable bonds is 7. The van der Waals surface area contributed by atoms with Gasteiger partial charge in [-0.2, -0.15) is 0 Å². The molecule has 4 aromatic rings. The molecular weight excluding hydrogens is 388 g/mol. The molecule has 1 saturated heterocycles. The highest BCUT2D eigenvalue weighted by Crippen LogP contribution is 2.34. The van der Waals surface area contributed by atoms with Crippen molar-refractivity contribution in [2.45, 2.75) is 0 Å². The molecular formula is C25H28N4O2. The summed E-state index contributed by atoms with van der Waals surface area (Å²) in [5.41, 5.74) is 5.62. The molecule has 6 nitrogen and oxygen atoms in total. The molecule has 0 spiro atoms. The summed E-state index contributed by atoms with van der Waals surface area (Å²) in [4.78, 5) is 9.06. The molecule has 3 N–H and O–H groups in total. The standard InChI is InChI=1S/C25H28N4O2/c1-30-25-16-19(3-5-24(25)31-13-12-29-10-8-26-9-11-29)23-15-21(17-28-23)18-2-4-22-20(14-18)6-7-27-22/h2-7,14-17,26-28H,8-13H2,1H3. The zero-order chi connectivity index (χ0) is 21.0. The van der Waals surface area contributed by atoms with Crippen molar-refractivity contribution in [3.63, 3.8) is 0 Å². The summed E-state index contributed by atoms with van der Waals surface area (Å²) in [6.45, 7) is 5.84. The molecule has 0 bridgehead atoms. The third kappa shape index (κ3) is 4.31. The number of nitrogens with zero attached hydrogens (tertiary/aromatic N) is 1. The van der Waals surface area contributed by atoms with Crippen LogP contribution >= 0.6 is 0 Å². The third-order valence-corrected chi connectivity index (χ3v) is 5.92. The Kier molecular flexibility index (Phi) is 5.65. The molecule has 1 aliphatic rings. The van der Waals surface area contributed by atoms with Crippen molar-refractivity contribution in [2.75, 3.05) is 46.4 Å². The molecule has 6 heteroatoms. The van der Waals surface area contributed by atoms with E-state index in [4.69, 9.17) is 9.47 Å². The number of benzene rings is 2. The van der Waals surface area contributed by atoms with Crippen LogP contribution in [0.2, 0.25) is 0 Å². The van der Waals surface area contributed by atoms with Crippen molar-refractivity contribution >= 4 is 10.9 Å².